The summed E-state index contributed by atoms with van der Waals surface area (Å²) in [5.41, 5.74) is 1.96. The van der Waals surface area contributed by atoms with Crippen LogP contribution in [0.4, 0.5) is 11.4 Å². The van der Waals surface area contributed by atoms with Gasteiger partial charge >= 0.3 is 0 Å². The van der Waals surface area contributed by atoms with E-state index in [0.29, 0.717) is 32.9 Å². The summed E-state index contributed by atoms with van der Waals surface area (Å²) >= 11 is 7.46. The molecule has 0 aliphatic carbocycles. The standard InChI is InChI=1S/C23H18ClN3O3S/c1-29-17-11-10-15(19(14-17)30-2)13-20-22(28)27(16-7-4-3-5-8-16)23(31-20)26-18-9-6-12-25-21(18)24/h3-14H,1-2H3/b20-13-,26-23?. The summed E-state index contributed by atoms with van der Waals surface area (Å²) in [7, 11) is 3.17. The first-order valence-corrected chi connectivity index (χ1v) is 10.5. The maximum absolute atomic E-state index is 13.4. The minimum atomic E-state index is -0.187. The molecule has 1 amide bonds. The van der Waals surface area contributed by atoms with Gasteiger partial charge < -0.3 is 9.47 Å². The Bertz CT molecular complexity index is 1180. The second-order valence-corrected chi connectivity index (χ2v) is 7.77. The van der Waals surface area contributed by atoms with Crippen molar-refractivity contribution in [2.45, 2.75) is 0 Å². The van der Waals surface area contributed by atoms with Gasteiger partial charge in [-0.05, 0) is 54.2 Å². The van der Waals surface area contributed by atoms with E-state index in [1.807, 2.05) is 42.5 Å². The lowest BCUT2D eigenvalue weighted by Gasteiger charge is -2.15. The molecule has 0 atom stereocenters. The molecule has 1 aromatic heterocycles. The highest BCUT2D eigenvalue weighted by Crippen LogP contribution is 2.39. The number of carbonyl (C=O) groups is 1. The number of amidine groups is 1. The lowest BCUT2D eigenvalue weighted by atomic mass is 10.1. The quantitative estimate of drug-likeness (QED) is 0.375. The summed E-state index contributed by atoms with van der Waals surface area (Å²) in [5, 5.41) is 0.759. The molecule has 31 heavy (non-hydrogen) atoms. The largest absolute Gasteiger partial charge is 0.497 e. The monoisotopic (exact) mass is 451 g/mol. The first kappa shape index (κ1) is 21.0. The van der Waals surface area contributed by atoms with Gasteiger partial charge in [-0.15, -0.1) is 0 Å². The molecule has 1 aliphatic heterocycles. The topological polar surface area (TPSA) is 64.0 Å². The van der Waals surface area contributed by atoms with Gasteiger partial charge in [-0.3, -0.25) is 9.69 Å². The second-order valence-electron chi connectivity index (χ2n) is 6.40. The number of ether oxygens (including phenoxy) is 2. The van der Waals surface area contributed by atoms with E-state index < -0.39 is 0 Å². The zero-order valence-electron chi connectivity index (χ0n) is 16.8. The van der Waals surface area contributed by atoms with Crippen molar-refractivity contribution in [3.63, 3.8) is 0 Å². The molecule has 6 nitrogen and oxygen atoms in total. The fourth-order valence-corrected chi connectivity index (χ4v) is 4.14. The SMILES string of the molecule is COc1ccc(/C=C2\SC(=Nc3cccnc3Cl)N(c3ccccc3)C2=O)c(OC)c1. The van der Waals surface area contributed by atoms with Gasteiger partial charge in [0.2, 0.25) is 0 Å². The van der Waals surface area contributed by atoms with Crippen LogP contribution in [-0.4, -0.2) is 30.3 Å². The van der Waals surface area contributed by atoms with E-state index in [1.54, 1.807) is 49.6 Å². The summed E-state index contributed by atoms with van der Waals surface area (Å²) in [6, 6.07) is 18.3. The minimum Gasteiger partial charge on any atom is -0.497 e. The third kappa shape index (κ3) is 4.42. The number of amides is 1. The average Bonchev–Trinajstić information content (AvgIpc) is 3.10. The fourth-order valence-electron chi connectivity index (χ4n) is 3.00. The van der Waals surface area contributed by atoms with Crippen LogP contribution >= 0.6 is 23.4 Å². The number of pyridine rings is 1. The third-order valence-corrected chi connectivity index (χ3v) is 5.76. The number of hydrogen-bond donors (Lipinski definition) is 0. The molecule has 0 bridgehead atoms. The molecule has 0 unspecified atom stereocenters. The van der Waals surface area contributed by atoms with Crippen molar-refractivity contribution in [3.8, 4) is 11.5 Å². The van der Waals surface area contributed by atoms with Crippen LogP contribution in [0.2, 0.25) is 5.15 Å². The van der Waals surface area contributed by atoms with Crippen LogP contribution in [-0.2, 0) is 4.79 Å². The number of anilines is 1. The highest BCUT2D eigenvalue weighted by atomic mass is 35.5. The van der Waals surface area contributed by atoms with Crippen molar-refractivity contribution < 1.29 is 14.3 Å². The third-order valence-electron chi connectivity index (χ3n) is 4.50. The van der Waals surface area contributed by atoms with E-state index in [0.717, 1.165) is 5.56 Å². The highest BCUT2D eigenvalue weighted by molar-refractivity contribution is 8.19. The van der Waals surface area contributed by atoms with E-state index in [2.05, 4.69) is 9.98 Å². The van der Waals surface area contributed by atoms with E-state index in [4.69, 9.17) is 21.1 Å². The van der Waals surface area contributed by atoms with Gasteiger partial charge in [0.15, 0.2) is 10.3 Å². The predicted octanol–water partition coefficient (Wildman–Crippen LogP) is 5.56. The second kappa shape index (κ2) is 9.24. The van der Waals surface area contributed by atoms with Crippen LogP contribution in [0, 0.1) is 0 Å². The van der Waals surface area contributed by atoms with E-state index in [-0.39, 0.29) is 11.1 Å². The molecule has 1 fully saturated rings. The van der Waals surface area contributed by atoms with Gasteiger partial charge in [0, 0.05) is 17.8 Å². The zero-order valence-corrected chi connectivity index (χ0v) is 18.4. The molecule has 0 radical (unpaired) electrons. The smallest absolute Gasteiger partial charge is 0.271 e. The Balaban J connectivity index is 1.79. The van der Waals surface area contributed by atoms with Crippen LogP contribution in [0.5, 0.6) is 11.5 Å². The Kier molecular flexibility index (Phi) is 6.25. The van der Waals surface area contributed by atoms with Crippen LogP contribution in [0.25, 0.3) is 6.08 Å². The van der Waals surface area contributed by atoms with Crippen molar-refractivity contribution in [2.24, 2.45) is 4.99 Å². The molecule has 4 rings (SSSR count). The Morgan fingerprint density at radius 1 is 1.06 bits per heavy atom. The molecule has 0 saturated carbocycles. The van der Waals surface area contributed by atoms with Gasteiger partial charge in [0.25, 0.3) is 5.91 Å². The maximum atomic E-state index is 13.4. The molecular formula is C23H18ClN3O3S. The summed E-state index contributed by atoms with van der Waals surface area (Å²) in [4.78, 5) is 24.1. The Morgan fingerprint density at radius 3 is 2.58 bits per heavy atom. The Labute approximate surface area is 189 Å². The van der Waals surface area contributed by atoms with Crippen LogP contribution < -0.4 is 14.4 Å². The lowest BCUT2D eigenvalue weighted by Crippen LogP contribution is -2.28. The van der Waals surface area contributed by atoms with Crippen molar-refractivity contribution >= 4 is 51.9 Å². The summed E-state index contributed by atoms with van der Waals surface area (Å²) in [6.45, 7) is 0. The predicted molar refractivity (Wildman–Crippen MR) is 125 cm³/mol. The van der Waals surface area contributed by atoms with Gasteiger partial charge in [-0.1, -0.05) is 29.8 Å². The molecule has 1 aliphatic rings. The first-order chi connectivity index (χ1) is 15.1. The molecule has 8 heteroatoms. The number of hydrogen-bond acceptors (Lipinski definition) is 6. The molecule has 0 spiro atoms. The molecular weight excluding hydrogens is 434 g/mol. The number of carbonyl (C=O) groups excluding carboxylic acids is 1. The van der Waals surface area contributed by atoms with Crippen LogP contribution in [0.1, 0.15) is 5.56 Å². The van der Waals surface area contributed by atoms with Gasteiger partial charge in [0.1, 0.15) is 17.2 Å². The summed E-state index contributed by atoms with van der Waals surface area (Å²) in [6.07, 6.45) is 3.38. The maximum Gasteiger partial charge on any atom is 0.271 e. The fraction of sp³-hybridized carbons (Fsp3) is 0.0870. The van der Waals surface area contributed by atoms with Crippen molar-refractivity contribution in [3.05, 3.63) is 82.5 Å². The van der Waals surface area contributed by atoms with Gasteiger partial charge in [-0.2, -0.15) is 0 Å². The van der Waals surface area contributed by atoms with Crippen molar-refractivity contribution in [2.75, 3.05) is 19.1 Å². The molecule has 156 valence electrons. The molecule has 0 N–H and O–H groups in total. The molecule has 2 aromatic carbocycles. The highest BCUT2D eigenvalue weighted by Gasteiger charge is 2.35. The zero-order chi connectivity index (χ0) is 21.8. The minimum absolute atomic E-state index is 0.187. The van der Waals surface area contributed by atoms with Crippen molar-refractivity contribution in [1.82, 2.24) is 4.98 Å². The van der Waals surface area contributed by atoms with Gasteiger partial charge in [-0.25, -0.2) is 9.98 Å². The number of nitrogens with zero attached hydrogens (tertiary/aromatic N) is 3. The van der Waals surface area contributed by atoms with E-state index >= 15 is 0 Å². The number of thioether (sulfide) groups is 1. The van der Waals surface area contributed by atoms with Crippen LogP contribution in [0.15, 0.2) is 76.8 Å². The number of methoxy groups -OCH3 is 2. The molecule has 1 saturated heterocycles. The lowest BCUT2D eigenvalue weighted by molar-refractivity contribution is -0.113. The molecule has 3 aromatic rings. The Hall–Kier alpha value is -3.29. The number of aliphatic imine (C=N–C) groups is 1. The number of benzene rings is 2. The molecule has 2 heterocycles. The Morgan fingerprint density at radius 2 is 1.87 bits per heavy atom. The van der Waals surface area contributed by atoms with Gasteiger partial charge in [0.05, 0.1) is 24.8 Å². The normalized spacial score (nSPS) is 16.2. The van der Waals surface area contributed by atoms with E-state index in [1.165, 1.54) is 11.8 Å². The average molecular weight is 452 g/mol. The summed E-state index contributed by atoms with van der Waals surface area (Å²) < 4.78 is 10.7. The summed E-state index contributed by atoms with van der Waals surface area (Å²) in [5.74, 6) is 1.09. The number of rotatable bonds is 5. The van der Waals surface area contributed by atoms with Crippen LogP contribution in [0.3, 0.4) is 0 Å². The van der Waals surface area contributed by atoms with Crippen molar-refractivity contribution in [1.29, 1.82) is 0 Å². The number of halogens is 1. The number of aromatic nitrogens is 1. The van der Waals surface area contributed by atoms with E-state index in [9.17, 15) is 4.79 Å². The number of para-hydroxylation sites is 1. The first-order valence-electron chi connectivity index (χ1n) is 9.31.